The predicted octanol–water partition coefficient (Wildman–Crippen LogP) is 4.16. The van der Waals surface area contributed by atoms with Gasteiger partial charge in [0.15, 0.2) is 5.82 Å². The highest BCUT2D eigenvalue weighted by Gasteiger charge is 2.25. The van der Waals surface area contributed by atoms with Crippen LogP contribution in [0.15, 0.2) is 24.4 Å². The Kier molecular flexibility index (Phi) is 5.42. The van der Waals surface area contributed by atoms with Crippen molar-refractivity contribution in [2.45, 2.75) is 52.0 Å². The van der Waals surface area contributed by atoms with Crippen LogP contribution in [0.1, 0.15) is 55.1 Å². The molecule has 0 amide bonds. The number of ether oxygens (including phenoxy) is 1. The van der Waals surface area contributed by atoms with E-state index >= 15 is 0 Å². The largest absolute Gasteiger partial charge is 0.461 e. The van der Waals surface area contributed by atoms with E-state index in [-0.39, 0.29) is 24.4 Å². The molecule has 3 aromatic rings. The van der Waals surface area contributed by atoms with Crippen LogP contribution in [0.5, 0.6) is 0 Å². The molecule has 0 bridgehead atoms. The molecule has 0 aromatic carbocycles. The van der Waals surface area contributed by atoms with Gasteiger partial charge in [-0.3, -0.25) is 0 Å². The molecule has 1 fully saturated rings. The molecule has 0 saturated heterocycles. The predicted molar refractivity (Wildman–Crippen MR) is 107 cm³/mol. The minimum Gasteiger partial charge on any atom is -0.461 e. The van der Waals surface area contributed by atoms with E-state index in [1.54, 1.807) is 24.4 Å². The molecule has 0 spiro atoms. The molecule has 0 atom stereocenters. The van der Waals surface area contributed by atoms with Crippen LogP contribution in [0.4, 0.5) is 10.3 Å². The second-order valence-corrected chi connectivity index (χ2v) is 7.26. The van der Waals surface area contributed by atoms with Gasteiger partial charge in [-0.15, -0.1) is 0 Å². The van der Waals surface area contributed by atoms with E-state index in [0.29, 0.717) is 22.3 Å². The molecule has 0 aliphatic heterocycles. The van der Waals surface area contributed by atoms with E-state index in [0.717, 1.165) is 25.7 Å². The molecule has 0 unspecified atom stereocenters. The summed E-state index contributed by atoms with van der Waals surface area (Å²) >= 11 is 0. The summed E-state index contributed by atoms with van der Waals surface area (Å²) < 4.78 is 21.2. The van der Waals surface area contributed by atoms with Crippen LogP contribution in [0.2, 0.25) is 0 Å². The Morgan fingerprint density at radius 1 is 1.24 bits per heavy atom. The van der Waals surface area contributed by atoms with Crippen LogP contribution >= 0.6 is 0 Å². The number of anilines is 1. The Morgan fingerprint density at radius 3 is 2.79 bits per heavy atom. The van der Waals surface area contributed by atoms with E-state index in [9.17, 15) is 9.18 Å². The first kappa shape index (κ1) is 19.3. The number of nitrogens with zero attached hydrogens (tertiary/aromatic N) is 4. The van der Waals surface area contributed by atoms with Crippen LogP contribution in [-0.2, 0) is 4.74 Å². The first-order valence-electron chi connectivity index (χ1n) is 10.0. The van der Waals surface area contributed by atoms with Crippen molar-refractivity contribution in [2.24, 2.45) is 0 Å². The number of esters is 1. The number of fused-ring (bicyclic) bond motifs is 1. The normalized spacial score (nSPS) is 14.9. The number of nitrogens with one attached hydrogen (secondary N) is 1. The minimum atomic E-state index is -0.847. The number of aromatic nitrogens is 4. The van der Waals surface area contributed by atoms with Crippen molar-refractivity contribution >= 4 is 17.4 Å². The zero-order chi connectivity index (χ0) is 20.4. The monoisotopic (exact) mass is 397 g/mol. The standard InChI is InChI=1S/C21H24FN5O2/c1-3-29-19(28)17-13(2)16(15-11-7-8-12-27(15)17)18-24-20(22)26-21(25-18)23-14-9-5-4-6-10-14/h7-8,11-12,14H,3-6,9-10H2,1-2H3,(H,23,24,25,26). The van der Waals surface area contributed by atoms with Gasteiger partial charge >= 0.3 is 12.0 Å². The Bertz CT molecular complexity index is 1040. The first-order chi connectivity index (χ1) is 14.1. The number of halogens is 1. The van der Waals surface area contributed by atoms with Gasteiger partial charge < -0.3 is 14.5 Å². The van der Waals surface area contributed by atoms with Crippen LogP contribution in [-0.4, -0.2) is 38.0 Å². The summed E-state index contributed by atoms with van der Waals surface area (Å²) in [5.41, 5.74) is 2.34. The summed E-state index contributed by atoms with van der Waals surface area (Å²) in [5, 5.41) is 3.25. The second-order valence-electron chi connectivity index (χ2n) is 7.26. The van der Waals surface area contributed by atoms with E-state index in [1.165, 1.54) is 6.42 Å². The number of hydrogen-bond acceptors (Lipinski definition) is 6. The lowest BCUT2D eigenvalue weighted by Gasteiger charge is -2.22. The smallest absolute Gasteiger partial charge is 0.355 e. The number of carbonyl (C=O) groups is 1. The third kappa shape index (κ3) is 3.79. The molecule has 3 aromatic heterocycles. The van der Waals surface area contributed by atoms with Gasteiger partial charge in [-0.25, -0.2) is 4.79 Å². The van der Waals surface area contributed by atoms with Crippen molar-refractivity contribution in [2.75, 3.05) is 11.9 Å². The molecule has 3 heterocycles. The highest BCUT2D eigenvalue weighted by molar-refractivity contribution is 5.97. The van der Waals surface area contributed by atoms with Gasteiger partial charge in [0, 0.05) is 17.8 Å². The van der Waals surface area contributed by atoms with Crippen molar-refractivity contribution in [3.63, 3.8) is 0 Å². The van der Waals surface area contributed by atoms with Crippen molar-refractivity contribution in [3.05, 3.63) is 41.7 Å². The Labute approximate surface area is 168 Å². The molecule has 1 N–H and O–H groups in total. The topological polar surface area (TPSA) is 81.4 Å². The van der Waals surface area contributed by atoms with E-state index in [2.05, 4.69) is 20.3 Å². The summed E-state index contributed by atoms with van der Waals surface area (Å²) in [5.74, 6) is -0.00754. The lowest BCUT2D eigenvalue weighted by molar-refractivity contribution is 0.0517. The first-order valence-corrected chi connectivity index (χ1v) is 10.0. The fraction of sp³-hybridized carbons (Fsp3) is 0.429. The van der Waals surface area contributed by atoms with Crippen molar-refractivity contribution in [1.82, 2.24) is 19.4 Å². The van der Waals surface area contributed by atoms with Crippen molar-refractivity contribution < 1.29 is 13.9 Å². The molecular formula is C21H24FN5O2. The maximum Gasteiger partial charge on any atom is 0.355 e. The Morgan fingerprint density at radius 2 is 2.03 bits per heavy atom. The van der Waals surface area contributed by atoms with Gasteiger partial charge in [-0.1, -0.05) is 25.3 Å². The van der Waals surface area contributed by atoms with Crippen molar-refractivity contribution in [3.8, 4) is 11.4 Å². The molecule has 29 heavy (non-hydrogen) atoms. The lowest BCUT2D eigenvalue weighted by atomic mass is 9.96. The molecule has 7 nitrogen and oxygen atoms in total. The average molecular weight is 397 g/mol. The summed E-state index contributed by atoms with van der Waals surface area (Å²) in [6, 6.07) is 5.76. The number of hydrogen-bond donors (Lipinski definition) is 1. The Balaban J connectivity index is 1.80. The SMILES string of the molecule is CCOC(=O)c1c(C)c(-c2nc(F)nc(NC3CCCCC3)n2)c2ccccn12. The summed E-state index contributed by atoms with van der Waals surface area (Å²) in [7, 11) is 0. The van der Waals surface area contributed by atoms with Crippen molar-refractivity contribution in [1.29, 1.82) is 0 Å². The summed E-state index contributed by atoms with van der Waals surface area (Å²) in [6.07, 6.45) is 6.47. The maximum absolute atomic E-state index is 14.3. The molecule has 1 saturated carbocycles. The highest BCUT2D eigenvalue weighted by Crippen LogP contribution is 2.32. The number of pyridine rings is 1. The third-order valence-corrected chi connectivity index (χ3v) is 5.33. The Hall–Kier alpha value is -3.03. The molecule has 4 rings (SSSR count). The molecule has 8 heteroatoms. The highest BCUT2D eigenvalue weighted by atomic mass is 19.1. The van der Waals surface area contributed by atoms with Gasteiger partial charge in [0.1, 0.15) is 5.69 Å². The summed E-state index contributed by atoms with van der Waals surface area (Å²) in [4.78, 5) is 24.8. The van der Waals surface area contributed by atoms with E-state index < -0.39 is 12.0 Å². The molecule has 0 radical (unpaired) electrons. The minimum absolute atomic E-state index is 0.201. The van der Waals surface area contributed by atoms with Gasteiger partial charge in [-0.05, 0) is 44.4 Å². The molecular weight excluding hydrogens is 373 g/mol. The van der Waals surface area contributed by atoms with Gasteiger partial charge in [0.05, 0.1) is 12.1 Å². The van der Waals surface area contributed by atoms with Crippen LogP contribution in [0.25, 0.3) is 16.9 Å². The summed E-state index contributed by atoms with van der Waals surface area (Å²) in [6.45, 7) is 3.82. The molecule has 1 aliphatic carbocycles. The van der Waals surface area contributed by atoms with Gasteiger partial charge in [-0.2, -0.15) is 19.3 Å². The van der Waals surface area contributed by atoms with Gasteiger partial charge in [0.25, 0.3) is 0 Å². The number of rotatable bonds is 5. The third-order valence-electron chi connectivity index (χ3n) is 5.33. The van der Waals surface area contributed by atoms with E-state index in [1.807, 2.05) is 18.2 Å². The fourth-order valence-electron chi connectivity index (χ4n) is 4.02. The number of carbonyl (C=O) groups excluding carboxylic acids is 1. The quantitative estimate of drug-likeness (QED) is 0.651. The maximum atomic E-state index is 14.3. The van der Waals surface area contributed by atoms with Crippen LogP contribution in [0.3, 0.4) is 0 Å². The van der Waals surface area contributed by atoms with Crippen LogP contribution < -0.4 is 5.32 Å². The zero-order valence-electron chi connectivity index (χ0n) is 16.6. The van der Waals surface area contributed by atoms with Gasteiger partial charge in [0.2, 0.25) is 5.95 Å². The molecule has 152 valence electrons. The molecule has 1 aliphatic rings. The fourth-order valence-corrected chi connectivity index (χ4v) is 4.02. The van der Waals surface area contributed by atoms with Crippen LogP contribution in [0, 0.1) is 13.0 Å². The lowest BCUT2D eigenvalue weighted by Crippen LogP contribution is -2.24. The second kappa shape index (κ2) is 8.14. The average Bonchev–Trinajstić information content (AvgIpc) is 3.00. The van der Waals surface area contributed by atoms with E-state index in [4.69, 9.17) is 4.74 Å². The zero-order valence-corrected chi connectivity index (χ0v) is 16.6.